The molecule has 26 heavy (non-hydrogen) atoms. The molecule has 7 nitrogen and oxygen atoms in total. The largest absolute Gasteiger partial charge is 0.493 e. The minimum atomic E-state index is -0.861. The van der Waals surface area contributed by atoms with Gasteiger partial charge in [-0.15, -0.1) is 0 Å². The summed E-state index contributed by atoms with van der Waals surface area (Å²) in [4.78, 5) is 23.7. The zero-order valence-corrected chi connectivity index (χ0v) is 15.1. The van der Waals surface area contributed by atoms with Gasteiger partial charge < -0.3 is 14.8 Å². The summed E-state index contributed by atoms with van der Waals surface area (Å²) in [6.45, 7) is 3.90. The Bertz CT molecular complexity index is 847. The monoisotopic (exact) mass is 355 g/mol. The van der Waals surface area contributed by atoms with Crippen LogP contribution < -0.4 is 20.2 Å². The minimum Gasteiger partial charge on any atom is -0.493 e. The third-order valence-electron chi connectivity index (χ3n) is 3.76. The third-order valence-corrected chi connectivity index (χ3v) is 3.76. The van der Waals surface area contributed by atoms with E-state index >= 15 is 0 Å². The van der Waals surface area contributed by atoms with Gasteiger partial charge in [-0.3, -0.25) is 9.59 Å². The van der Waals surface area contributed by atoms with E-state index in [1.807, 2.05) is 19.9 Å². The van der Waals surface area contributed by atoms with Crippen LogP contribution in [0.1, 0.15) is 16.7 Å². The molecule has 0 saturated carbocycles. The predicted octanol–water partition coefficient (Wildman–Crippen LogP) is 2.41. The topological polar surface area (TPSA) is 89.0 Å². The van der Waals surface area contributed by atoms with Gasteiger partial charge >= 0.3 is 11.8 Å². The Morgan fingerprint density at radius 3 is 2.31 bits per heavy atom. The number of carbonyl (C=O) groups is 2. The highest BCUT2D eigenvalue weighted by molar-refractivity contribution is 6.39. The maximum Gasteiger partial charge on any atom is 0.329 e. The summed E-state index contributed by atoms with van der Waals surface area (Å²) in [6, 6.07) is 10.6. The lowest BCUT2D eigenvalue weighted by Crippen LogP contribution is -2.32. The summed E-state index contributed by atoms with van der Waals surface area (Å²) in [5, 5.41) is 6.32. The lowest BCUT2D eigenvalue weighted by atomic mass is 10.1. The number of benzene rings is 2. The van der Waals surface area contributed by atoms with Crippen molar-refractivity contribution in [3.05, 3.63) is 53.1 Å². The number of hydrazone groups is 1. The third kappa shape index (κ3) is 4.83. The number of hydrogen-bond donors (Lipinski definition) is 2. The number of aryl methyl sites for hydroxylation is 2. The van der Waals surface area contributed by atoms with Gasteiger partial charge in [-0.1, -0.05) is 6.07 Å². The summed E-state index contributed by atoms with van der Waals surface area (Å²) in [5.41, 5.74) is 5.55. The SMILES string of the molecule is COc1ccc(C=NNC(=O)C(=O)Nc2ccc(C)c(C)c2)cc1OC. The first kappa shape index (κ1) is 19.0. The molecule has 7 heteroatoms. The average molecular weight is 355 g/mol. The maximum absolute atomic E-state index is 11.9. The van der Waals surface area contributed by atoms with Crippen molar-refractivity contribution in [1.29, 1.82) is 0 Å². The first-order chi connectivity index (χ1) is 12.4. The summed E-state index contributed by atoms with van der Waals surface area (Å²) >= 11 is 0. The molecular formula is C19H21N3O4. The molecule has 0 bridgehead atoms. The van der Waals surface area contributed by atoms with E-state index in [2.05, 4.69) is 15.8 Å². The quantitative estimate of drug-likeness (QED) is 0.490. The second-order valence-corrected chi connectivity index (χ2v) is 5.57. The van der Waals surface area contributed by atoms with Gasteiger partial charge in [0.15, 0.2) is 11.5 Å². The average Bonchev–Trinajstić information content (AvgIpc) is 2.64. The van der Waals surface area contributed by atoms with Crippen molar-refractivity contribution in [2.75, 3.05) is 19.5 Å². The first-order valence-corrected chi connectivity index (χ1v) is 7.88. The number of nitrogens with zero attached hydrogens (tertiary/aromatic N) is 1. The van der Waals surface area contributed by atoms with Gasteiger partial charge in [-0.25, -0.2) is 5.43 Å². The predicted molar refractivity (Wildman–Crippen MR) is 99.8 cm³/mol. The lowest BCUT2D eigenvalue weighted by molar-refractivity contribution is -0.136. The molecule has 0 heterocycles. The fourth-order valence-electron chi connectivity index (χ4n) is 2.16. The van der Waals surface area contributed by atoms with E-state index in [9.17, 15) is 9.59 Å². The second-order valence-electron chi connectivity index (χ2n) is 5.57. The van der Waals surface area contributed by atoms with E-state index in [0.29, 0.717) is 22.7 Å². The van der Waals surface area contributed by atoms with Crippen molar-refractivity contribution in [3.8, 4) is 11.5 Å². The fourth-order valence-corrected chi connectivity index (χ4v) is 2.16. The molecule has 0 radical (unpaired) electrons. The molecule has 0 aliphatic carbocycles. The van der Waals surface area contributed by atoms with Crippen LogP contribution in [0.5, 0.6) is 11.5 Å². The van der Waals surface area contributed by atoms with Crippen LogP contribution in [-0.4, -0.2) is 32.2 Å². The molecule has 2 amide bonds. The van der Waals surface area contributed by atoms with Crippen molar-refractivity contribution in [3.63, 3.8) is 0 Å². The van der Waals surface area contributed by atoms with Gasteiger partial charge in [0.25, 0.3) is 0 Å². The molecule has 2 aromatic rings. The smallest absolute Gasteiger partial charge is 0.329 e. The van der Waals surface area contributed by atoms with Crippen LogP contribution in [0.3, 0.4) is 0 Å². The molecule has 0 spiro atoms. The van der Waals surface area contributed by atoms with E-state index < -0.39 is 11.8 Å². The van der Waals surface area contributed by atoms with Crippen LogP contribution in [0, 0.1) is 13.8 Å². The Labute approximate surface area is 152 Å². The van der Waals surface area contributed by atoms with Crippen LogP contribution in [0.4, 0.5) is 5.69 Å². The summed E-state index contributed by atoms with van der Waals surface area (Å²) in [7, 11) is 3.07. The lowest BCUT2D eigenvalue weighted by Gasteiger charge is -2.07. The Morgan fingerprint density at radius 1 is 0.923 bits per heavy atom. The van der Waals surface area contributed by atoms with E-state index in [1.54, 1.807) is 37.4 Å². The standard InChI is InChI=1S/C19H21N3O4/c1-12-5-7-15(9-13(12)2)21-18(23)19(24)22-20-11-14-6-8-16(25-3)17(10-14)26-4/h5-11H,1-4H3,(H,21,23)(H,22,24). The number of hydrogen-bond acceptors (Lipinski definition) is 5. The van der Waals surface area contributed by atoms with Gasteiger partial charge in [-0.2, -0.15) is 5.10 Å². The fraction of sp³-hybridized carbons (Fsp3) is 0.211. The summed E-state index contributed by atoms with van der Waals surface area (Å²) < 4.78 is 10.3. The Balaban J connectivity index is 1.95. The van der Waals surface area contributed by atoms with E-state index in [0.717, 1.165) is 11.1 Å². The van der Waals surface area contributed by atoms with Gasteiger partial charge in [0, 0.05) is 5.69 Å². The molecule has 0 aliphatic heterocycles. The number of nitrogens with one attached hydrogen (secondary N) is 2. The normalized spacial score (nSPS) is 10.5. The van der Waals surface area contributed by atoms with Gasteiger partial charge in [0.05, 0.1) is 20.4 Å². The Hall–Kier alpha value is -3.35. The van der Waals surface area contributed by atoms with Crippen LogP contribution in [0.2, 0.25) is 0 Å². The summed E-state index contributed by atoms with van der Waals surface area (Å²) in [6.07, 6.45) is 1.41. The van der Waals surface area contributed by atoms with Crippen molar-refractivity contribution < 1.29 is 19.1 Å². The van der Waals surface area contributed by atoms with Crippen LogP contribution in [0.25, 0.3) is 0 Å². The number of rotatable bonds is 5. The molecule has 0 aliphatic rings. The Morgan fingerprint density at radius 2 is 1.65 bits per heavy atom. The molecule has 2 rings (SSSR count). The maximum atomic E-state index is 11.9. The molecule has 0 fully saturated rings. The number of anilines is 1. The van der Waals surface area contributed by atoms with Crippen molar-refractivity contribution in [2.45, 2.75) is 13.8 Å². The molecule has 0 atom stereocenters. The van der Waals surface area contributed by atoms with Crippen LogP contribution in [-0.2, 0) is 9.59 Å². The van der Waals surface area contributed by atoms with Crippen molar-refractivity contribution in [2.24, 2.45) is 5.10 Å². The first-order valence-electron chi connectivity index (χ1n) is 7.88. The van der Waals surface area contributed by atoms with Gasteiger partial charge in [0.2, 0.25) is 0 Å². The van der Waals surface area contributed by atoms with Crippen molar-refractivity contribution >= 4 is 23.7 Å². The molecule has 136 valence electrons. The number of methoxy groups -OCH3 is 2. The van der Waals surface area contributed by atoms with E-state index in [4.69, 9.17) is 9.47 Å². The number of carbonyl (C=O) groups excluding carboxylic acids is 2. The molecule has 2 aromatic carbocycles. The van der Waals surface area contributed by atoms with Gasteiger partial charge in [0.1, 0.15) is 0 Å². The number of ether oxygens (including phenoxy) is 2. The highest BCUT2D eigenvalue weighted by Gasteiger charge is 2.13. The minimum absolute atomic E-state index is 0.537. The zero-order valence-electron chi connectivity index (χ0n) is 15.1. The van der Waals surface area contributed by atoms with Crippen LogP contribution >= 0.6 is 0 Å². The van der Waals surface area contributed by atoms with Crippen molar-refractivity contribution in [1.82, 2.24) is 5.43 Å². The number of amides is 2. The highest BCUT2D eigenvalue weighted by atomic mass is 16.5. The van der Waals surface area contributed by atoms with Crippen LogP contribution in [0.15, 0.2) is 41.5 Å². The van der Waals surface area contributed by atoms with E-state index in [1.165, 1.54) is 13.3 Å². The molecule has 2 N–H and O–H groups in total. The summed E-state index contributed by atoms with van der Waals surface area (Å²) in [5.74, 6) is -0.533. The zero-order chi connectivity index (χ0) is 19.1. The molecule has 0 unspecified atom stereocenters. The van der Waals surface area contributed by atoms with Gasteiger partial charge in [-0.05, 0) is 60.9 Å². The molecule has 0 aromatic heterocycles. The highest BCUT2D eigenvalue weighted by Crippen LogP contribution is 2.26. The molecule has 0 saturated heterocycles. The Kier molecular flexibility index (Phi) is 6.32. The second kappa shape index (κ2) is 8.66. The van der Waals surface area contributed by atoms with E-state index in [-0.39, 0.29) is 0 Å². The molecular weight excluding hydrogens is 334 g/mol.